The third-order valence-corrected chi connectivity index (χ3v) is 4.33. The number of H-pyrrole nitrogens is 1. The standard InChI is InChI=1S/C12H15N5O4/c1-5-12(3-18)2-6(20-5)10(21-12)17-4-14-7-8(17)15-11(13)16-9(7)19/h4-6,10,18H,2-3H2,1H3,(H3,13,15,16,19)/t5?,6?,10-,12+/m1/s1. The van der Waals surface area contributed by atoms with Crippen molar-refractivity contribution in [3.8, 4) is 0 Å². The van der Waals surface area contributed by atoms with Gasteiger partial charge in [0.1, 0.15) is 11.7 Å². The van der Waals surface area contributed by atoms with Crippen LogP contribution < -0.4 is 11.3 Å². The van der Waals surface area contributed by atoms with Crippen molar-refractivity contribution < 1.29 is 14.6 Å². The first kappa shape index (κ1) is 12.7. The molecule has 0 radical (unpaired) electrons. The maximum Gasteiger partial charge on any atom is 0.280 e. The molecular formula is C12H15N5O4. The number of nitrogens with two attached hydrogens (primary N) is 1. The Bertz CT molecular complexity index is 771. The number of hydrogen-bond donors (Lipinski definition) is 3. The number of nitrogens with one attached hydrogen (secondary N) is 1. The molecule has 9 heteroatoms. The van der Waals surface area contributed by atoms with Crippen molar-refractivity contribution in [1.29, 1.82) is 0 Å². The third-order valence-electron chi connectivity index (χ3n) is 4.33. The monoisotopic (exact) mass is 293 g/mol. The first-order valence-corrected chi connectivity index (χ1v) is 6.70. The molecule has 4 heterocycles. The number of aromatic amines is 1. The van der Waals surface area contributed by atoms with Crippen molar-refractivity contribution in [2.75, 3.05) is 12.3 Å². The van der Waals surface area contributed by atoms with Crippen LogP contribution in [0, 0.1) is 0 Å². The van der Waals surface area contributed by atoms with E-state index in [1.54, 1.807) is 4.57 Å². The van der Waals surface area contributed by atoms with Gasteiger partial charge in [-0.1, -0.05) is 0 Å². The number of nitrogen functional groups attached to an aromatic ring is 1. The van der Waals surface area contributed by atoms with Crippen molar-refractivity contribution >= 4 is 17.1 Å². The van der Waals surface area contributed by atoms with E-state index >= 15 is 0 Å². The van der Waals surface area contributed by atoms with E-state index in [1.807, 2.05) is 6.92 Å². The molecule has 2 aromatic heterocycles. The minimum absolute atomic E-state index is 0.0172. The lowest BCUT2D eigenvalue weighted by molar-refractivity contribution is -0.214. The number of rotatable bonds is 2. The van der Waals surface area contributed by atoms with Crippen molar-refractivity contribution in [1.82, 2.24) is 19.5 Å². The second kappa shape index (κ2) is 4.03. The second-order valence-corrected chi connectivity index (χ2v) is 5.53. The molecule has 2 unspecified atom stereocenters. The fourth-order valence-corrected chi connectivity index (χ4v) is 3.16. The van der Waals surface area contributed by atoms with Gasteiger partial charge in [-0.3, -0.25) is 14.3 Å². The molecule has 2 saturated heterocycles. The molecule has 2 bridgehead atoms. The van der Waals surface area contributed by atoms with E-state index in [0.717, 1.165) is 0 Å². The molecule has 0 amide bonds. The van der Waals surface area contributed by atoms with Crippen LogP contribution in [0.1, 0.15) is 19.6 Å². The predicted octanol–water partition coefficient (Wildman–Crippen LogP) is -0.861. The number of anilines is 1. The van der Waals surface area contributed by atoms with Gasteiger partial charge in [-0.2, -0.15) is 4.98 Å². The topological polar surface area (TPSA) is 128 Å². The van der Waals surface area contributed by atoms with Gasteiger partial charge < -0.3 is 20.3 Å². The minimum atomic E-state index is -0.710. The van der Waals surface area contributed by atoms with Crippen LogP contribution in [-0.2, 0) is 9.47 Å². The lowest BCUT2D eigenvalue weighted by Crippen LogP contribution is -2.44. The highest BCUT2D eigenvalue weighted by Gasteiger charge is 2.58. The molecule has 2 aromatic rings. The molecule has 0 aliphatic carbocycles. The van der Waals surface area contributed by atoms with Crippen LogP contribution in [0.4, 0.5) is 5.95 Å². The molecule has 9 nitrogen and oxygen atoms in total. The quantitative estimate of drug-likeness (QED) is 0.657. The highest BCUT2D eigenvalue weighted by molar-refractivity contribution is 5.70. The summed E-state index contributed by atoms with van der Waals surface area (Å²) in [5.74, 6) is 0.0172. The lowest BCUT2D eigenvalue weighted by atomic mass is 9.98. The van der Waals surface area contributed by atoms with Crippen molar-refractivity contribution in [2.45, 2.75) is 37.4 Å². The summed E-state index contributed by atoms with van der Waals surface area (Å²) in [6, 6.07) is 0. The average Bonchev–Trinajstić information content (AvgIpc) is 3.08. The van der Waals surface area contributed by atoms with Gasteiger partial charge in [0.05, 0.1) is 19.0 Å². The van der Waals surface area contributed by atoms with Crippen LogP contribution in [0.2, 0.25) is 0 Å². The fourth-order valence-electron chi connectivity index (χ4n) is 3.16. The molecule has 4 N–H and O–H groups in total. The zero-order chi connectivity index (χ0) is 14.8. The SMILES string of the molecule is CC1OC2C[C@@]1(CO)O[C@H]2n1cnc2c(=O)[nH]c(N)nc21. The Morgan fingerprint density at radius 3 is 3.19 bits per heavy atom. The Hall–Kier alpha value is -1.97. The molecule has 4 rings (SSSR count). The van der Waals surface area contributed by atoms with Gasteiger partial charge in [0.15, 0.2) is 17.4 Å². The van der Waals surface area contributed by atoms with Crippen LogP contribution in [-0.4, -0.2) is 49.0 Å². The summed E-state index contributed by atoms with van der Waals surface area (Å²) in [6.07, 6.45) is 1.20. The molecule has 0 aromatic carbocycles. The van der Waals surface area contributed by atoms with Crippen LogP contribution in [0.25, 0.3) is 11.2 Å². The number of hydrogen-bond acceptors (Lipinski definition) is 7. The number of aromatic nitrogens is 4. The number of imidazole rings is 1. The smallest absolute Gasteiger partial charge is 0.280 e. The van der Waals surface area contributed by atoms with Crippen molar-refractivity contribution in [3.05, 3.63) is 16.7 Å². The van der Waals surface area contributed by atoms with E-state index in [-0.39, 0.29) is 30.3 Å². The maximum atomic E-state index is 11.8. The van der Waals surface area contributed by atoms with E-state index in [9.17, 15) is 9.90 Å². The van der Waals surface area contributed by atoms with Gasteiger partial charge in [-0.15, -0.1) is 0 Å². The van der Waals surface area contributed by atoms with Gasteiger partial charge in [-0.25, -0.2) is 4.98 Å². The molecule has 2 aliphatic heterocycles. The van der Waals surface area contributed by atoms with Crippen LogP contribution >= 0.6 is 0 Å². The summed E-state index contributed by atoms with van der Waals surface area (Å²) in [6.45, 7) is 1.75. The predicted molar refractivity (Wildman–Crippen MR) is 71.5 cm³/mol. The molecule has 4 atom stereocenters. The average molecular weight is 293 g/mol. The van der Waals surface area contributed by atoms with Gasteiger partial charge in [0, 0.05) is 6.42 Å². The zero-order valence-corrected chi connectivity index (χ0v) is 11.3. The van der Waals surface area contributed by atoms with Crippen molar-refractivity contribution in [2.24, 2.45) is 0 Å². The van der Waals surface area contributed by atoms with E-state index in [2.05, 4.69) is 15.0 Å². The van der Waals surface area contributed by atoms with Gasteiger partial charge >= 0.3 is 0 Å². The Morgan fingerprint density at radius 1 is 1.67 bits per heavy atom. The van der Waals surface area contributed by atoms with E-state index < -0.39 is 17.4 Å². The van der Waals surface area contributed by atoms with E-state index in [0.29, 0.717) is 12.1 Å². The summed E-state index contributed by atoms with van der Waals surface area (Å²) >= 11 is 0. The highest BCUT2D eigenvalue weighted by atomic mass is 16.6. The number of fused-ring (bicyclic) bond motifs is 3. The molecular weight excluding hydrogens is 278 g/mol. The molecule has 0 spiro atoms. The number of ether oxygens (including phenoxy) is 2. The Kier molecular flexibility index (Phi) is 2.44. The summed E-state index contributed by atoms with van der Waals surface area (Å²) in [4.78, 5) is 22.4. The summed E-state index contributed by atoms with van der Waals surface area (Å²) in [5.41, 5.74) is 5.02. The normalized spacial score (nSPS) is 34.9. The van der Waals surface area contributed by atoms with Crippen LogP contribution in [0.3, 0.4) is 0 Å². The minimum Gasteiger partial charge on any atom is -0.393 e. The third kappa shape index (κ3) is 1.59. The fraction of sp³-hybridized carbons (Fsp3) is 0.583. The second-order valence-electron chi connectivity index (χ2n) is 5.53. The first-order valence-electron chi connectivity index (χ1n) is 6.70. The molecule has 0 saturated carbocycles. The Balaban J connectivity index is 1.81. The molecule has 2 fully saturated rings. The van der Waals surface area contributed by atoms with Gasteiger partial charge in [0.2, 0.25) is 5.95 Å². The molecule has 112 valence electrons. The van der Waals surface area contributed by atoms with E-state index in [1.165, 1.54) is 6.33 Å². The summed E-state index contributed by atoms with van der Waals surface area (Å²) < 4.78 is 13.5. The zero-order valence-electron chi connectivity index (χ0n) is 11.3. The molecule has 2 aliphatic rings. The highest BCUT2D eigenvalue weighted by Crippen LogP contribution is 2.48. The number of aliphatic hydroxyl groups is 1. The lowest BCUT2D eigenvalue weighted by Gasteiger charge is -2.34. The van der Waals surface area contributed by atoms with Crippen LogP contribution in [0.15, 0.2) is 11.1 Å². The Labute approximate surface area is 118 Å². The maximum absolute atomic E-state index is 11.8. The first-order chi connectivity index (χ1) is 10.0. The van der Waals surface area contributed by atoms with Gasteiger partial charge in [0.25, 0.3) is 5.56 Å². The van der Waals surface area contributed by atoms with Crippen LogP contribution in [0.5, 0.6) is 0 Å². The Morgan fingerprint density at radius 2 is 2.48 bits per heavy atom. The summed E-state index contributed by atoms with van der Waals surface area (Å²) in [5, 5.41) is 9.61. The number of aliphatic hydroxyl groups excluding tert-OH is 1. The summed E-state index contributed by atoms with van der Waals surface area (Å²) in [7, 11) is 0. The number of nitrogens with zero attached hydrogens (tertiary/aromatic N) is 3. The largest absolute Gasteiger partial charge is 0.393 e. The molecule has 21 heavy (non-hydrogen) atoms. The van der Waals surface area contributed by atoms with Crippen molar-refractivity contribution in [3.63, 3.8) is 0 Å². The van der Waals surface area contributed by atoms with Gasteiger partial charge in [-0.05, 0) is 6.92 Å². The van der Waals surface area contributed by atoms with E-state index in [4.69, 9.17) is 15.2 Å².